The van der Waals surface area contributed by atoms with Crippen molar-refractivity contribution in [2.45, 2.75) is 83.6 Å². The van der Waals surface area contributed by atoms with Crippen molar-refractivity contribution in [2.24, 2.45) is 0 Å². The van der Waals surface area contributed by atoms with Gasteiger partial charge in [0.05, 0.1) is 19.2 Å². The van der Waals surface area contributed by atoms with E-state index in [2.05, 4.69) is 44.9 Å². The number of carbonyl (C=O) groups is 2. The smallest absolute Gasteiger partial charge is 0.407 e. The fraction of sp³-hybridized carbons (Fsp3) is 0.441. The van der Waals surface area contributed by atoms with Gasteiger partial charge in [-0.1, -0.05) is 39.0 Å². The van der Waals surface area contributed by atoms with Crippen molar-refractivity contribution in [1.82, 2.24) is 9.88 Å². The van der Waals surface area contributed by atoms with Gasteiger partial charge in [0.1, 0.15) is 23.2 Å². The van der Waals surface area contributed by atoms with Crippen molar-refractivity contribution in [3.8, 4) is 22.6 Å². The molecule has 9 nitrogen and oxygen atoms in total. The fourth-order valence-electron chi connectivity index (χ4n) is 5.26. The third-order valence-corrected chi connectivity index (χ3v) is 13.2. The van der Waals surface area contributed by atoms with E-state index >= 15 is 0 Å². The molecule has 234 valence electrons. The van der Waals surface area contributed by atoms with Crippen molar-refractivity contribution in [1.29, 1.82) is 0 Å². The summed E-state index contributed by atoms with van der Waals surface area (Å²) in [5, 5.41) is 10.2. The summed E-state index contributed by atoms with van der Waals surface area (Å²) in [6.45, 7) is 14.7. The Labute approximate surface area is 260 Å². The third-order valence-electron chi connectivity index (χ3n) is 8.70. The van der Waals surface area contributed by atoms with Gasteiger partial charge in [0.2, 0.25) is 5.79 Å². The molecule has 0 aliphatic carbocycles. The summed E-state index contributed by atoms with van der Waals surface area (Å²) in [5.74, 6) is -0.189. The molecule has 2 aliphatic heterocycles. The van der Waals surface area contributed by atoms with Gasteiger partial charge >= 0.3 is 12.1 Å². The van der Waals surface area contributed by atoms with Crippen LogP contribution in [0.2, 0.25) is 18.1 Å². The minimum absolute atomic E-state index is 0.0366. The fourth-order valence-corrected chi connectivity index (χ4v) is 6.53. The van der Waals surface area contributed by atoms with Gasteiger partial charge < -0.3 is 28.6 Å². The molecule has 3 heterocycles. The highest BCUT2D eigenvalue weighted by Crippen LogP contribution is 2.40. The van der Waals surface area contributed by atoms with E-state index in [-0.39, 0.29) is 24.2 Å². The number of aromatic nitrogens is 1. The van der Waals surface area contributed by atoms with Gasteiger partial charge in [-0.2, -0.15) is 0 Å². The lowest BCUT2D eigenvalue weighted by atomic mass is 9.96. The van der Waals surface area contributed by atoms with Crippen molar-refractivity contribution >= 4 is 20.4 Å². The predicted octanol–water partition coefficient (Wildman–Crippen LogP) is 7.47. The summed E-state index contributed by atoms with van der Waals surface area (Å²) in [6, 6.07) is 15.2. The summed E-state index contributed by atoms with van der Waals surface area (Å²) in [5.41, 5.74) is 4.20. The topological polar surface area (TPSA) is 107 Å². The van der Waals surface area contributed by atoms with Crippen LogP contribution in [0.5, 0.6) is 11.5 Å². The first-order valence-corrected chi connectivity index (χ1v) is 17.9. The second-order valence-corrected chi connectivity index (χ2v) is 18.3. The molecule has 44 heavy (non-hydrogen) atoms. The summed E-state index contributed by atoms with van der Waals surface area (Å²) >= 11 is 0. The number of rotatable bonds is 8. The van der Waals surface area contributed by atoms with Gasteiger partial charge in [-0.25, -0.2) is 9.59 Å². The molecule has 5 rings (SSSR count). The standard InChI is InChI=1S/C34H42N2O7Si/c1-33(2,3)44(6,7)43-30(25-9-8-16-35-19-25)21-36(32(38)39)20-26-13-10-24-17-22(12-15-28(24)40-26)23-11-14-27-29(18-23)41-34(4,5)42-31(27)37/h8-9,11-12,14-19,26,30H,10,13,20-21H2,1-7H3,(H,38,39)/t26-,30-/m0/s1. The van der Waals surface area contributed by atoms with Crippen LogP contribution < -0.4 is 9.47 Å². The molecule has 0 bridgehead atoms. The first kappa shape index (κ1) is 31.5. The molecule has 2 aromatic carbocycles. The van der Waals surface area contributed by atoms with E-state index < -0.39 is 32.3 Å². The molecule has 2 aliphatic rings. The summed E-state index contributed by atoms with van der Waals surface area (Å²) < 4.78 is 24.3. The van der Waals surface area contributed by atoms with E-state index in [4.69, 9.17) is 18.6 Å². The SMILES string of the molecule is CC1(C)OC(=O)c2ccc(-c3ccc4c(c3)CC[C@@H](CN(C[C@H](O[Si](C)(C)C(C)(C)C)c3cccnc3)C(=O)O)O4)cc2O1. The van der Waals surface area contributed by atoms with Crippen LogP contribution in [0, 0.1) is 0 Å². The molecule has 10 heteroatoms. The number of fused-ring (bicyclic) bond motifs is 2. The molecule has 1 amide bonds. The second kappa shape index (κ2) is 11.9. The van der Waals surface area contributed by atoms with Crippen LogP contribution in [0.15, 0.2) is 60.9 Å². The number of ether oxygens (including phenoxy) is 3. The number of nitrogens with zero attached hydrogens (tertiary/aromatic N) is 2. The van der Waals surface area contributed by atoms with Gasteiger partial charge in [-0.3, -0.25) is 4.98 Å². The van der Waals surface area contributed by atoms with Crippen molar-refractivity contribution in [2.75, 3.05) is 13.1 Å². The van der Waals surface area contributed by atoms with Crippen molar-refractivity contribution < 1.29 is 33.3 Å². The Kier molecular flexibility index (Phi) is 8.52. The lowest BCUT2D eigenvalue weighted by Gasteiger charge is -2.40. The zero-order valence-electron chi connectivity index (χ0n) is 26.5. The molecular formula is C34H42N2O7Si. The van der Waals surface area contributed by atoms with E-state index in [0.29, 0.717) is 17.7 Å². The van der Waals surface area contributed by atoms with E-state index in [9.17, 15) is 14.7 Å². The lowest BCUT2D eigenvalue weighted by Crippen LogP contribution is -2.46. The monoisotopic (exact) mass is 618 g/mol. The number of aryl methyl sites for hydroxylation is 1. The number of carboxylic acid groups (broad SMARTS) is 1. The Morgan fingerprint density at radius 2 is 1.84 bits per heavy atom. The maximum atomic E-state index is 12.5. The van der Waals surface area contributed by atoms with Crippen LogP contribution in [0.25, 0.3) is 11.1 Å². The highest BCUT2D eigenvalue weighted by Gasteiger charge is 2.40. The molecule has 1 aromatic heterocycles. The number of hydrogen-bond donors (Lipinski definition) is 1. The number of cyclic esters (lactones) is 1. The number of benzene rings is 2. The number of carbonyl (C=O) groups excluding carboxylic acids is 1. The molecule has 0 saturated heterocycles. The molecular weight excluding hydrogens is 576 g/mol. The molecule has 1 N–H and O–H groups in total. The summed E-state index contributed by atoms with van der Waals surface area (Å²) in [4.78, 5) is 30.5. The molecule has 3 aromatic rings. The molecule has 0 fully saturated rings. The minimum Gasteiger partial charge on any atom is -0.488 e. The number of amides is 1. The van der Waals surface area contributed by atoms with Crippen LogP contribution in [0.3, 0.4) is 0 Å². The third kappa shape index (κ3) is 6.92. The van der Waals surface area contributed by atoms with Crippen molar-refractivity contribution in [3.05, 3.63) is 77.6 Å². The maximum absolute atomic E-state index is 12.5. The normalized spacial score (nSPS) is 18.2. The number of pyridine rings is 1. The molecule has 2 atom stereocenters. The first-order chi connectivity index (χ1) is 20.6. The number of esters is 1. The van der Waals surface area contributed by atoms with Crippen LogP contribution in [0.1, 0.15) is 68.6 Å². The molecule has 0 spiro atoms. The zero-order valence-corrected chi connectivity index (χ0v) is 27.5. The van der Waals surface area contributed by atoms with E-state index in [1.54, 1.807) is 32.3 Å². The quantitative estimate of drug-likeness (QED) is 0.205. The van der Waals surface area contributed by atoms with Gasteiger partial charge in [0.25, 0.3) is 0 Å². The zero-order chi connectivity index (χ0) is 31.9. The average molecular weight is 619 g/mol. The summed E-state index contributed by atoms with van der Waals surface area (Å²) in [7, 11) is -2.21. The van der Waals surface area contributed by atoms with Crippen molar-refractivity contribution in [3.63, 3.8) is 0 Å². The Morgan fingerprint density at radius 1 is 1.11 bits per heavy atom. The van der Waals surface area contributed by atoms with E-state index in [1.807, 2.05) is 36.4 Å². The summed E-state index contributed by atoms with van der Waals surface area (Å²) in [6.07, 6.45) is 3.14. The predicted molar refractivity (Wildman–Crippen MR) is 170 cm³/mol. The Hall–Kier alpha value is -3.89. The van der Waals surface area contributed by atoms with Gasteiger partial charge in [0.15, 0.2) is 8.32 Å². The lowest BCUT2D eigenvalue weighted by molar-refractivity contribution is -0.127. The largest absolute Gasteiger partial charge is 0.488 e. The number of hydrogen-bond acceptors (Lipinski definition) is 7. The highest BCUT2D eigenvalue weighted by molar-refractivity contribution is 6.74. The van der Waals surface area contributed by atoms with E-state index in [0.717, 1.165) is 34.4 Å². The minimum atomic E-state index is -2.21. The second-order valence-electron chi connectivity index (χ2n) is 13.5. The molecule has 0 unspecified atom stereocenters. The Balaban J connectivity index is 1.31. The maximum Gasteiger partial charge on any atom is 0.407 e. The van der Waals surface area contributed by atoms with Crippen LogP contribution in [0.4, 0.5) is 4.79 Å². The highest BCUT2D eigenvalue weighted by atomic mass is 28.4. The average Bonchev–Trinajstić information content (AvgIpc) is 2.95. The van der Waals surface area contributed by atoms with E-state index in [1.165, 1.54) is 4.90 Å². The van der Waals surface area contributed by atoms with Crippen LogP contribution in [-0.4, -0.2) is 60.4 Å². The Morgan fingerprint density at radius 3 is 2.52 bits per heavy atom. The van der Waals surface area contributed by atoms with Gasteiger partial charge in [-0.05, 0) is 83.6 Å². The van der Waals surface area contributed by atoms with Gasteiger partial charge in [-0.15, -0.1) is 0 Å². The molecule has 0 radical (unpaired) electrons. The van der Waals surface area contributed by atoms with Gasteiger partial charge in [0, 0.05) is 26.2 Å². The Bertz CT molecular complexity index is 1530. The first-order valence-electron chi connectivity index (χ1n) is 15.0. The molecule has 0 saturated carbocycles. The van der Waals surface area contributed by atoms with Crippen LogP contribution >= 0.6 is 0 Å². The van der Waals surface area contributed by atoms with Crippen LogP contribution in [-0.2, 0) is 15.6 Å².